The van der Waals surface area contributed by atoms with E-state index in [0.717, 1.165) is 27.9 Å². The number of thiazole rings is 1. The molecule has 0 saturated carbocycles. The summed E-state index contributed by atoms with van der Waals surface area (Å²) >= 11 is 1.46. The topological polar surface area (TPSA) is 62.3 Å². The van der Waals surface area contributed by atoms with Crippen LogP contribution >= 0.6 is 11.3 Å². The number of aromatic nitrogens is 1. The number of hydrogen-bond donors (Lipinski definition) is 1. The van der Waals surface area contributed by atoms with Crippen LogP contribution in [0.1, 0.15) is 24.5 Å². The summed E-state index contributed by atoms with van der Waals surface area (Å²) < 4.78 is 1.05. The molecule has 2 amide bonds. The quantitative estimate of drug-likeness (QED) is 0.740. The second-order valence-electron chi connectivity index (χ2n) is 6.86. The highest BCUT2D eigenvalue weighted by atomic mass is 32.1. The fourth-order valence-corrected chi connectivity index (χ4v) is 4.34. The van der Waals surface area contributed by atoms with E-state index < -0.39 is 0 Å². The van der Waals surface area contributed by atoms with Crippen molar-refractivity contribution >= 4 is 44.2 Å². The predicted molar refractivity (Wildman–Crippen MR) is 109 cm³/mol. The molecule has 2 aromatic carbocycles. The number of nitrogens with one attached hydrogen (secondary N) is 1. The average molecular weight is 379 g/mol. The van der Waals surface area contributed by atoms with Crippen molar-refractivity contribution in [2.24, 2.45) is 5.92 Å². The van der Waals surface area contributed by atoms with Crippen molar-refractivity contribution in [3.8, 4) is 0 Å². The molecule has 1 saturated heterocycles. The number of anilines is 2. The lowest BCUT2D eigenvalue weighted by Crippen LogP contribution is -2.28. The lowest BCUT2D eigenvalue weighted by atomic mass is 10.1. The number of fused-ring (bicyclic) bond motifs is 1. The van der Waals surface area contributed by atoms with Gasteiger partial charge in [-0.05, 0) is 42.7 Å². The highest BCUT2D eigenvalue weighted by Crippen LogP contribution is 2.30. The van der Waals surface area contributed by atoms with Crippen LogP contribution in [0.15, 0.2) is 42.5 Å². The maximum atomic E-state index is 12.7. The summed E-state index contributed by atoms with van der Waals surface area (Å²) in [4.78, 5) is 31.3. The number of amides is 2. The minimum Gasteiger partial charge on any atom is -0.312 e. The average Bonchev–Trinajstić information content (AvgIpc) is 3.26. The molecular weight excluding hydrogens is 358 g/mol. The van der Waals surface area contributed by atoms with Gasteiger partial charge in [-0.15, -0.1) is 0 Å². The number of aryl methyl sites for hydroxylation is 2. The van der Waals surface area contributed by atoms with Gasteiger partial charge in [0.15, 0.2) is 5.13 Å². The van der Waals surface area contributed by atoms with Gasteiger partial charge in [0.05, 0.1) is 16.1 Å². The molecule has 1 N–H and O–H groups in total. The Morgan fingerprint density at radius 3 is 2.74 bits per heavy atom. The third kappa shape index (κ3) is 3.45. The molecule has 1 fully saturated rings. The van der Waals surface area contributed by atoms with Crippen molar-refractivity contribution in [3.63, 3.8) is 0 Å². The number of hydrogen-bond acceptors (Lipinski definition) is 4. The molecule has 1 aliphatic rings. The number of carbonyl (C=O) groups excluding carboxylic acids is 2. The zero-order valence-corrected chi connectivity index (χ0v) is 16.2. The zero-order chi connectivity index (χ0) is 19.0. The highest BCUT2D eigenvalue weighted by Gasteiger charge is 2.35. The van der Waals surface area contributed by atoms with Gasteiger partial charge in [-0.2, -0.15) is 0 Å². The van der Waals surface area contributed by atoms with E-state index in [2.05, 4.69) is 17.2 Å². The third-order valence-electron chi connectivity index (χ3n) is 5.00. The summed E-state index contributed by atoms with van der Waals surface area (Å²) in [6.45, 7) is 4.50. The van der Waals surface area contributed by atoms with Crippen LogP contribution in [0.25, 0.3) is 10.2 Å². The molecule has 0 unspecified atom stereocenters. The van der Waals surface area contributed by atoms with E-state index in [1.807, 2.05) is 49.4 Å². The lowest BCUT2D eigenvalue weighted by Gasteiger charge is -2.17. The van der Waals surface area contributed by atoms with Gasteiger partial charge in [-0.3, -0.25) is 9.59 Å². The highest BCUT2D eigenvalue weighted by molar-refractivity contribution is 7.22. The third-order valence-corrected chi connectivity index (χ3v) is 5.94. The van der Waals surface area contributed by atoms with Gasteiger partial charge in [0.25, 0.3) is 0 Å². The van der Waals surface area contributed by atoms with E-state index in [9.17, 15) is 9.59 Å². The molecule has 0 spiro atoms. The van der Waals surface area contributed by atoms with Gasteiger partial charge >= 0.3 is 0 Å². The Morgan fingerprint density at radius 2 is 2.04 bits per heavy atom. The number of carbonyl (C=O) groups is 2. The molecule has 1 atom stereocenters. The normalized spacial score (nSPS) is 16.9. The van der Waals surface area contributed by atoms with Crippen LogP contribution < -0.4 is 10.2 Å². The van der Waals surface area contributed by atoms with Gasteiger partial charge in [0.2, 0.25) is 11.8 Å². The summed E-state index contributed by atoms with van der Waals surface area (Å²) in [6.07, 6.45) is 1.19. The number of rotatable bonds is 4. The van der Waals surface area contributed by atoms with E-state index >= 15 is 0 Å². The number of para-hydroxylation sites is 1. The largest absolute Gasteiger partial charge is 0.312 e. The molecule has 6 heteroatoms. The van der Waals surface area contributed by atoms with E-state index in [4.69, 9.17) is 0 Å². The Balaban J connectivity index is 1.47. The summed E-state index contributed by atoms with van der Waals surface area (Å²) in [5, 5.41) is 3.49. The molecule has 1 aromatic heterocycles. The van der Waals surface area contributed by atoms with Crippen molar-refractivity contribution < 1.29 is 9.59 Å². The summed E-state index contributed by atoms with van der Waals surface area (Å²) in [6, 6.07) is 13.9. The second-order valence-corrected chi connectivity index (χ2v) is 7.89. The van der Waals surface area contributed by atoms with Crippen LogP contribution in [0.4, 0.5) is 10.8 Å². The van der Waals surface area contributed by atoms with Crippen molar-refractivity contribution in [3.05, 3.63) is 53.6 Å². The molecule has 4 rings (SSSR count). The van der Waals surface area contributed by atoms with Gasteiger partial charge < -0.3 is 10.2 Å². The first-order chi connectivity index (χ1) is 13.0. The maximum Gasteiger partial charge on any atom is 0.231 e. The van der Waals surface area contributed by atoms with Crippen molar-refractivity contribution in [1.82, 2.24) is 4.98 Å². The van der Waals surface area contributed by atoms with Gasteiger partial charge in [-0.1, -0.05) is 42.5 Å². The molecule has 138 valence electrons. The summed E-state index contributed by atoms with van der Waals surface area (Å²) in [7, 11) is 0. The Hall–Kier alpha value is -2.73. The number of nitrogens with zero attached hydrogens (tertiary/aromatic N) is 2. The molecule has 5 nitrogen and oxygen atoms in total. The minimum absolute atomic E-state index is 0.0143. The fraction of sp³-hybridized carbons (Fsp3) is 0.286. The van der Waals surface area contributed by atoms with Crippen LogP contribution in [0, 0.1) is 12.8 Å². The van der Waals surface area contributed by atoms with Gasteiger partial charge in [0, 0.05) is 18.7 Å². The van der Waals surface area contributed by atoms with Crippen LogP contribution in [-0.2, 0) is 16.0 Å². The fourth-order valence-electron chi connectivity index (χ4n) is 3.39. The van der Waals surface area contributed by atoms with Gasteiger partial charge in [0.1, 0.15) is 0 Å². The van der Waals surface area contributed by atoms with E-state index in [0.29, 0.717) is 11.7 Å². The summed E-state index contributed by atoms with van der Waals surface area (Å²) in [5.74, 6) is -0.524. The monoisotopic (exact) mass is 379 g/mol. The lowest BCUT2D eigenvalue weighted by molar-refractivity contribution is -0.122. The molecule has 0 aliphatic carbocycles. The SMILES string of the molecule is CCc1ccc(N2C[C@@H](C(=O)Nc3nc4c(C)cccc4s3)CC2=O)cc1. The van der Waals surface area contributed by atoms with Crippen molar-refractivity contribution in [2.75, 3.05) is 16.8 Å². The molecule has 0 bridgehead atoms. The molecule has 3 aromatic rings. The zero-order valence-electron chi connectivity index (χ0n) is 15.4. The Bertz CT molecular complexity index is 1010. The Labute approximate surface area is 162 Å². The van der Waals surface area contributed by atoms with Gasteiger partial charge in [-0.25, -0.2) is 4.98 Å². The van der Waals surface area contributed by atoms with E-state index in [1.54, 1.807) is 4.90 Å². The standard InChI is InChI=1S/C21H21N3O2S/c1-3-14-7-9-16(10-8-14)24-12-15(11-18(24)25)20(26)23-21-22-19-13(2)5-4-6-17(19)27-21/h4-10,15H,3,11-12H2,1-2H3,(H,22,23,26)/t15-/m0/s1. The smallest absolute Gasteiger partial charge is 0.231 e. The van der Waals surface area contributed by atoms with E-state index in [-0.39, 0.29) is 24.2 Å². The van der Waals surface area contributed by atoms with Crippen LogP contribution in [0.5, 0.6) is 0 Å². The second kappa shape index (κ2) is 7.12. The molecular formula is C21H21N3O2S. The first-order valence-corrected chi connectivity index (χ1v) is 9.93. The van der Waals surface area contributed by atoms with Crippen LogP contribution in [0.2, 0.25) is 0 Å². The van der Waals surface area contributed by atoms with Crippen molar-refractivity contribution in [1.29, 1.82) is 0 Å². The van der Waals surface area contributed by atoms with E-state index in [1.165, 1.54) is 16.9 Å². The first kappa shape index (κ1) is 17.7. The first-order valence-electron chi connectivity index (χ1n) is 9.11. The number of benzene rings is 2. The minimum atomic E-state index is -0.364. The van der Waals surface area contributed by atoms with Crippen LogP contribution in [0.3, 0.4) is 0 Å². The van der Waals surface area contributed by atoms with Crippen LogP contribution in [-0.4, -0.2) is 23.3 Å². The molecule has 27 heavy (non-hydrogen) atoms. The summed E-state index contributed by atoms with van der Waals surface area (Å²) in [5.41, 5.74) is 4.08. The van der Waals surface area contributed by atoms with Crippen molar-refractivity contribution in [2.45, 2.75) is 26.7 Å². The molecule has 1 aliphatic heterocycles. The predicted octanol–water partition coefficient (Wildman–Crippen LogP) is 4.16. The maximum absolute atomic E-state index is 12.7. The molecule has 0 radical (unpaired) electrons. The Kier molecular flexibility index (Phi) is 4.66. The Morgan fingerprint density at radius 1 is 1.26 bits per heavy atom. The molecule has 2 heterocycles.